The Morgan fingerprint density at radius 3 is 2.48 bits per heavy atom. The molecule has 6 nitrogen and oxygen atoms in total. The van der Waals surface area contributed by atoms with Gasteiger partial charge >= 0.3 is 12.1 Å². The van der Waals surface area contributed by atoms with Gasteiger partial charge < -0.3 is 20.9 Å². The summed E-state index contributed by atoms with van der Waals surface area (Å²) in [6.07, 6.45) is 0.393. The summed E-state index contributed by atoms with van der Waals surface area (Å²) in [7, 11) is 0. The Labute approximate surface area is 137 Å². The number of aliphatic carboxylic acids is 1. The maximum atomic E-state index is 11.9. The summed E-state index contributed by atoms with van der Waals surface area (Å²) in [5.74, 6) is -0.979. The normalized spacial score (nSPS) is 12.5. The number of alkyl carbamates (subject to hydrolysis) is 1. The first-order valence-corrected chi connectivity index (χ1v) is 7.69. The highest BCUT2D eigenvalue weighted by molar-refractivity contribution is 5.71. The number of carbonyl (C=O) groups is 2. The molecule has 0 saturated carbocycles. The molecule has 6 heteroatoms. The van der Waals surface area contributed by atoms with Crippen LogP contribution in [0.2, 0.25) is 0 Å². The van der Waals surface area contributed by atoms with E-state index in [1.54, 1.807) is 20.8 Å². The number of amides is 1. The number of nitrogens with two attached hydrogens (primary N) is 1. The average Bonchev–Trinajstić information content (AvgIpc) is 2.35. The van der Waals surface area contributed by atoms with E-state index in [4.69, 9.17) is 15.6 Å². The van der Waals surface area contributed by atoms with Crippen molar-refractivity contribution in [1.29, 1.82) is 0 Å². The highest BCUT2D eigenvalue weighted by Gasteiger charge is 2.22. The van der Waals surface area contributed by atoms with E-state index in [0.717, 1.165) is 17.5 Å². The molecule has 0 aromatic heterocycles. The zero-order chi connectivity index (χ0) is 17.6. The van der Waals surface area contributed by atoms with Crippen molar-refractivity contribution >= 4 is 17.7 Å². The molecule has 1 amide bonds. The third-order valence-corrected chi connectivity index (χ3v) is 3.22. The van der Waals surface area contributed by atoms with E-state index in [2.05, 4.69) is 5.32 Å². The standard InChI is InChI=1S/C17H26N2O4/c1-5-11-6-7-13(18)8-12(11)9-14(10-15(20)21)19-16(22)23-17(2,3)4/h6-8,14H,5,9-10,18H2,1-4H3,(H,19,22)(H,20,21)/t14-/m0/s1. The summed E-state index contributed by atoms with van der Waals surface area (Å²) in [5, 5.41) is 11.7. The van der Waals surface area contributed by atoms with Crippen molar-refractivity contribution in [1.82, 2.24) is 5.32 Å². The number of rotatable bonds is 6. The van der Waals surface area contributed by atoms with Crippen LogP contribution in [0.25, 0.3) is 0 Å². The molecule has 1 atom stereocenters. The monoisotopic (exact) mass is 322 g/mol. The van der Waals surface area contributed by atoms with E-state index in [-0.39, 0.29) is 6.42 Å². The smallest absolute Gasteiger partial charge is 0.407 e. The predicted octanol–water partition coefficient (Wildman–Crippen LogP) is 2.74. The largest absolute Gasteiger partial charge is 0.481 e. The first-order valence-electron chi connectivity index (χ1n) is 7.69. The van der Waals surface area contributed by atoms with Gasteiger partial charge in [-0.1, -0.05) is 13.0 Å². The maximum absolute atomic E-state index is 11.9. The lowest BCUT2D eigenvalue weighted by Crippen LogP contribution is -2.41. The maximum Gasteiger partial charge on any atom is 0.407 e. The topological polar surface area (TPSA) is 102 Å². The van der Waals surface area contributed by atoms with Crippen molar-refractivity contribution in [3.63, 3.8) is 0 Å². The van der Waals surface area contributed by atoms with Crippen molar-refractivity contribution in [3.05, 3.63) is 29.3 Å². The molecule has 0 aliphatic rings. The molecular weight excluding hydrogens is 296 g/mol. The SMILES string of the molecule is CCc1ccc(N)cc1C[C@@H](CC(=O)O)NC(=O)OC(C)(C)C. The Kier molecular flexibility index (Phi) is 6.42. The minimum Gasteiger partial charge on any atom is -0.481 e. The molecule has 0 fully saturated rings. The Morgan fingerprint density at radius 2 is 1.96 bits per heavy atom. The molecule has 23 heavy (non-hydrogen) atoms. The fraction of sp³-hybridized carbons (Fsp3) is 0.529. The van der Waals surface area contributed by atoms with Crippen LogP contribution in [0.4, 0.5) is 10.5 Å². The minimum absolute atomic E-state index is 0.183. The third-order valence-electron chi connectivity index (χ3n) is 3.22. The number of benzene rings is 1. The number of anilines is 1. The summed E-state index contributed by atoms with van der Waals surface area (Å²) in [6.45, 7) is 7.28. The lowest BCUT2D eigenvalue weighted by molar-refractivity contribution is -0.137. The van der Waals surface area contributed by atoms with Crippen molar-refractivity contribution in [2.24, 2.45) is 0 Å². The quantitative estimate of drug-likeness (QED) is 0.699. The van der Waals surface area contributed by atoms with Gasteiger partial charge in [0.2, 0.25) is 0 Å². The number of nitrogens with one attached hydrogen (secondary N) is 1. The van der Waals surface area contributed by atoms with Crippen LogP contribution >= 0.6 is 0 Å². The fourth-order valence-electron chi connectivity index (χ4n) is 2.31. The Hall–Kier alpha value is -2.24. The van der Waals surface area contributed by atoms with Gasteiger partial charge in [0.1, 0.15) is 5.60 Å². The van der Waals surface area contributed by atoms with Gasteiger partial charge in [-0.3, -0.25) is 4.79 Å². The second-order valence-electron chi connectivity index (χ2n) is 6.53. The lowest BCUT2D eigenvalue weighted by atomic mass is 9.96. The Balaban J connectivity index is 2.88. The van der Waals surface area contributed by atoms with Crippen molar-refractivity contribution in [2.45, 2.75) is 58.6 Å². The summed E-state index contributed by atoms with van der Waals surface area (Å²) < 4.78 is 5.20. The lowest BCUT2D eigenvalue weighted by Gasteiger charge is -2.23. The molecule has 128 valence electrons. The molecule has 0 bridgehead atoms. The summed E-state index contributed by atoms with van der Waals surface area (Å²) in [4.78, 5) is 23.0. The molecule has 0 saturated heterocycles. The molecule has 1 rings (SSSR count). The van der Waals surface area contributed by atoms with Crippen molar-refractivity contribution < 1.29 is 19.4 Å². The average molecular weight is 322 g/mol. The number of nitrogen functional groups attached to an aromatic ring is 1. The van der Waals surface area contributed by atoms with Crippen molar-refractivity contribution in [3.8, 4) is 0 Å². The molecule has 0 spiro atoms. The number of carboxylic acids is 1. The van der Waals surface area contributed by atoms with E-state index >= 15 is 0 Å². The van der Waals surface area contributed by atoms with Gasteiger partial charge in [-0.2, -0.15) is 0 Å². The highest BCUT2D eigenvalue weighted by atomic mass is 16.6. The van der Waals surface area contributed by atoms with Gasteiger partial charge in [0.05, 0.1) is 6.42 Å². The Morgan fingerprint density at radius 1 is 1.30 bits per heavy atom. The predicted molar refractivity (Wildman–Crippen MR) is 89.3 cm³/mol. The van der Waals surface area contributed by atoms with Gasteiger partial charge in [0.15, 0.2) is 0 Å². The first-order chi connectivity index (χ1) is 10.6. The number of ether oxygens (including phenoxy) is 1. The van der Waals surface area contributed by atoms with Gasteiger partial charge in [-0.25, -0.2) is 4.79 Å². The second kappa shape index (κ2) is 7.85. The van der Waals surface area contributed by atoms with Crippen LogP contribution in [0, 0.1) is 0 Å². The fourth-order valence-corrected chi connectivity index (χ4v) is 2.31. The van der Waals surface area contributed by atoms with E-state index in [1.807, 2.05) is 25.1 Å². The molecule has 0 aliphatic heterocycles. The van der Waals surface area contributed by atoms with E-state index in [1.165, 1.54) is 0 Å². The highest BCUT2D eigenvalue weighted by Crippen LogP contribution is 2.18. The van der Waals surface area contributed by atoms with Gasteiger partial charge in [-0.05, 0) is 56.9 Å². The molecule has 0 radical (unpaired) electrons. The summed E-state index contributed by atoms with van der Waals surface area (Å²) in [6, 6.07) is 5.01. The molecule has 1 aromatic rings. The molecule has 1 aromatic carbocycles. The number of carboxylic acid groups (broad SMARTS) is 1. The molecule has 0 aliphatic carbocycles. The molecule has 4 N–H and O–H groups in total. The van der Waals surface area contributed by atoms with Crippen molar-refractivity contribution in [2.75, 3.05) is 5.73 Å². The summed E-state index contributed by atoms with van der Waals surface area (Å²) >= 11 is 0. The van der Waals surface area contributed by atoms with E-state index in [0.29, 0.717) is 12.1 Å². The van der Waals surface area contributed by atoms with Crippen LogP contribution in [0.5, 0.6) is 0 Å². The van der Waals surface area contributed by atoms with Gasteiger partial charge in [-0.15, -0.1) is 0 Å². The number of aryl methyl sites for hydroxylation is 1. The summed E-state index contributed by atoms with van der Waals surface area (Å²) in [5.41, 5.74) is 7.82. The van der Waals surface area contributed by atoms with Gasteiger partial charge in [0.25, 0.3) is 0 Å². The van der Waals surface area contributed by atoms with Crippen LogP contribution < -0.4 is 11.1 Å². The number of hydrogen-bond donors (Lipinski definition) is 3. The van der Waals surface area contributed by atoms with Crippen LogP contribution in [-0.4, -0.2) is 28.8 Å². The zero-order valence-corrected chi connectivity index (χ0v) is 14.2. The van der Waals surface area contributed by atoms with Crippen LogP contribution in [0.3, 0.4) is 0 Å². The molecule has 0 unspecified atom stereocenters. The van der Waals surface area contributed by atoms with E-state index in [9.17, 15) is 9.59 Å². The van der Waals surface area contributed by atoms with Crippen LogP contribution in [0.1, 0.15) is 45.2 Å². The third kappa shape index (κ3) is 7.04. The first kappa shape index (κ1) is 18.8. The number of hydrogen-bond acceptors (Lipinski definition) is 4. The minimum atomic E-state index is -0.979. The van der Waals surface area contributed by atoms with Gasteiger partial charge in [0, 0.05) is 11.7 Å². The van der Waals surface area contributed by atoms with Crippen LogP contribution in [-0.2, 0) is 22.4 Å². The number of carbonyl (C=O) groups excluding carboxylic acids is 1. The molecular formula is C17H26N2O4. The van der Waals surface area contributed by atoms with Crippen LogP contribution in [0.15, 0.2) is 18.2 Å². The molecule has 0 heterocycles. The van der Waals surface area contributed by atoms with E-state index < -0.39 is 23.7 Å². The second-order valence-corrected chi connectivity index (χ2v) is 6.53. The zero-order valence-electron chi connectivity index (χ0n) is 14.2. The Bertz CT molecular complexity index is 564.